The molecule has 0 aliphatic heterocycles. The molecule has 0 radical (unpaired) electrons. The molecule has 0 atom stereocenters. The van der Waals surface area contributed by atoms with Crippen LogP contribution in [-0.4, -0.2) is 47.0 Å². The lowest BCUT2D eigenvalue weighted by Gasteiger charge is -2.10. The maximum absolute atomic E-state index is 11.6. The number of rotatable bonds is 8. The van der Waals surface area contributed by atoms with E-state index in [0.29, 0.717) is 37.0 Å². The zero-order valence-electron chi connectivity index (χ0n) is 14.5. The number of hydrogen-bond donors (Lipinski definition) is 2. The number of nitrogens with one attached hydrogen (secondary N) is 2. The van der Waals surface area contributed by atoms with Gasteiger partial charge in [-0.15, -0.1) is 0 Å². The van der Waals surface area contributed by atoms with E-state index in [1.165, 1.54) is 0 Å². The van der Waals surface area contributed by atoms with Gasteiger partial charge in [0.1, 0.15) is 11.6 Å². The minimum Gasteiger partial charge on any atom is -0.369 e. The molecule has 0 aliphatic carbocycles. The Hall–Kier alpha value is -2.00. The second kappa shape index (κ2) is 7.71. The van der Waals surface area contributed by atoms with Crippen LogP contribution in [0.5, 0.6) is 0 Å². The maximum Gasteiger partial charge on any atom is 0.211 e. The number of aryl methyl sites for hydroxylation is 3. The molecule has 0 saturated carbocycles. The zero-order valence-corrected chi connectivity index (χ0v) is 15.3. The zero-order chi connectivity index (χ0) is 17.7. The van der Waals surface area contributed by atoms with E-state index in [2.05, 4.69) is 25.1 Å². The number of hydrogen-bond acceptors (Lipinski definition) is 6. The summed E-state index contributed by atoms with van der Waals surface area (Å²) in [7, 11) is -3.19. The molecule has 2 aromatic heterocycles. The van der Waals surface area contributed by atoms with E-state index in [9.17, 15) is 8.42 Å². The average molecular weight is 352 g/mol. The molecule has 0 bridgehead atoms. The topological polar surface area (TPSA) is 102 Å². The Bertz CT molecular complexity index is 800. The van der Waals surface area contributed by atoms with Crippen molar-refractivity contribution >= 4 is 15.8 Å². The van der Waals surface area contributed by atoms with Crippen LogP contribution in [0.15, 0.2) is 12.1 Å². The first kappa shape index (κ1) is 18.3. The predicted molar refractivity (Wildman–Crippen MR) is 93.9 cm³/mol. The summed E-state index contributed by atoms with van der Waals surface area (Å²) in [5.41, 5.74) is 1.91. The Labute approximate surface area is 142 Å². The van der Waals surface area contributed by atoms with Gasteiger partial charge in [0.05, 0.1) is 11.4 Å². The molecule has 0 aliphatic rings. The highest BCUT2D eigenvalue weighted by Gasteiger charge is 2.09. The molecule has 2 aromatic rings. The normalized spacial score (nSPS) is 11.7. The van der Waals surface area contributed by atoms with Crippen molar-refractivity contribution < 1.29 is 8.42 Å². The first-order valence-corrected chi connectivity index (χ1v) is 9.56. The van der Waals surface area contributed by atoms with Crippen LogP contribution in [0, 0.1) is 20.8 Å². The van der Waals surface area contributed by atoms with E-state index in [1.807, 2.05) is 33.8 Å². The molecule has 2 rings (SSSR count). The Morgan fingerprint density at radius 2 is 1.88 bits per heavy atom. The molecule has 0 aromatic carbocycles. The molecule has 0 saturated heterocycles. The van der Waals surface area contributed by atoms with Gasteiger partial charge < -0.3 is 5.32 Å². The molecular weight excluding hydrogens is 328 g/mol. The van der Waals surface area contributed by atoms with Gasteiger partial charge in [0.25, 0.3) is 0 Å². The van der Waals surface area contributed by atoms with Crippen molar-refractivity contribution in [3.8, 4) is 5.82 Å². The third-order valence-corrected chi connectivity index (χ3v) is 4.87. The monoisotopic (exact) mass is 352 g/mol. The lowest BCUT2D eigenvalue weighted by Crippen LogP contribution is -2.30. The maximum atomic E-state index is 11.6. The lowest BCUT2D eigenvalue weighted by molar-refractivity contribution is 0.581. The fourth-order valence-electron chi connectivity index (χ4n) is 2.35. The van der Waals surface area contributed by atoms with E-state index in [1.54, 1.807) is 10.7 Å². The summed E-state index contributed by atoms with van der Waals surface area (Å²) in [5.74, 6) is 2.08. The predicted octanol–water partition coefficient (Wildman–Crippen LogP) is 1.33. The van der Waals surface area contributed by atoms with Gasteiger partial charge in [0, 0.05) is 24.8 Å². The van der Waals surface area contributed by atoms with Crippen LogP contribution in [-0.2, 0) is 10.0 Å². The molecular formula is C15H24N6O2S. The van der Waals surface area contributed by atoms with Crippen molar-refractivity contribution in [2.45, 2.75) is 34.1 Å². The summed E-state index contributed by atoms with van der Waals surface area (Å²) in [6.07, 6.45) is 0.597. The van der Waals surface area contributed by atoms with E-state index in [0.717, 1.165) is 11.4 Å². The van der Waals surface area contributed by atoms with Crippen LogP contribution in [0.2, 0.25) is 0 Å². The summed E-state index contributed by atoms with van der Waals surface area (Å²) in [6, 6.07) is 3.78. The molecule has 0 unspecified atom stereocenters. The van der Waals surface area contributed by atoms with Crippen LogP contribution in [0.3, 0.4) is 0 Å². The number of sulfonamides is 1. The third kappa shape index (κ3) is 5.00. The van der Waals surface area contributed by atoms with Gasteiger partial charge in [-0.25, -0.2) is 27.8 Å². The standard InChI is InChI=1S/C15H24N6O2S/c1-5-8-24(22,23)17-7-6-16-14-10-15(19-13(4)18-14)21-12(3)9-11(2)20-21/h9-10,17H,5-8H2,1-4H3,(H,16,18,19). The second-order valence-corrected chi connectivity index (χ2v) is 7.56. The summed E-state index contributed by atoms with van der Waals surface area (Å²) in [4.78, 5) is 8.73. The van der Waals surface area contributed by atoms with Gasteiger partial charge >= 0.3 is 0 Å². The number of aromatic nitrogens is 4. The van der Waals surface area contributed by atoms with Gasteiger partial charge in [-0.1, -0.05) is 6.92 Å². The van der Waals surface area contributed by atoms with Crippen LogP contribution < -0.4 is 10.0 Å². The van der Waals surface area contributed by atoms with Gasteiger partial charge in [-0.3, -0.25) is 0 Å². The van der Waals surface area contributed by atoms with Crippen molar-refractivity contribution in [1.29, 1.82) is 0 Å². The van der Waals surface area contributed by atoms with Gasteiger partial charge in [0.15, 0.2) is 5.82 Å². The van der Waals surface area contributed by atoms with Crippen molar-refractivity contribution in [3.05, 3.63) is 29.3 Å². The minimum absolute atomic E-state index is 0.141. The molecule has 24 heavy (non-hydrogen) atoms. The van der Waals surface area contributed by atoms with Gasteiger partial charge in [-0.2, -0.15) is 5.10 Å². The smallest absolute Gasteiger partial charge is 0.211 e. The summed E-state index contributed by atoms with van der Waals surface area (Å²) >= 11 is 0. The van der Waals surface area contributed by atoms with Crippen molar-refractivity contribution in [1.82, 2.24) is 24.5 Å². The van der Waals surface area contributed by atoms with E-state index >= 15 is 0 Å². The SMILES string of the molecule is CCCS(=O)(=O)NCCNc1cc(-n2nc(C)cc2C)nc(C)n1. The molecule has 132 valence electrons. The molecule has 0 fully saturated rings. The highest BCUT2D eigenvalue weighted by Crippen LogP contribution is 2.13. The summed E-state index contributed by atoms with van der Waals surface area (Å²) in [5, 5.41) is 7.54. The molecule has 8 nitrogen and oxygen atoms in total. The van der Waals surface area contributed by atoms with Crippen LogP contribution in [0.4, 0.5) is 5.82 Å². The van der Waals surface area contributed by atoms with Gasteiger partial charge in [0.2, 0.25) is 10.0 Å². The summed E-state index contributed by atoms with van der Waals surface area (Å²) < 4.78 is 27.5. The average Bonchev–Trinajstić information content (AvgIpc) is 2.82. The first-order valence-electron chi connectivity index (χ1n) is 7.91. The molecule has 9 heteroatoms. The molecule has 2 N–H and O–H groups in total. The lowest BCUT2D eigenvalue weighted by atomic mass is 10.4. The van der Waals surface area contributed by atoms with Crippen molar-refractivity contribution in [3.63, 3.8) is 0 Å². The highest BCUT2D eigenvalue weighted by molar-refractivity contribution is 7.89. The molecule has 2 heterocycles. The van der Waals surface area contributed by atoms with Crippen LogP contribution in [0.25, 0.3) is 5.82 Å². The number of nitrogens with zero attached hydrogens (tertiary/aromatic N) is 4. The Morgan fingerprint density at radius 3 is 2.50 bits per heavy atom. The summed E-state index contributed by atoms with van der Waals surface area (Å²) in [6.45, 7) is 8.29. The second-order valence-electron chi connectivity index (χ2n) is 5.64. The first-order chi connectivity index (χ1) is 11.3. The van der Waals surface area contributed by atoms with Crippen LogP contribution in [0.1, 0.15) is 30.6 Å². The fraction of sp³-hybridized carbons (Fsp3) is 0.533. The minimum atomic E-state index is -3.19. The Balaban J connectivity index is 2.03. The van der Waals surface area contributed by atoms with Crippen LogP contribution >= 0.6 is 0 Å². The highest BCUT2D eigenvalue weighted by atomic mass is 32.2. The van der Waals surface area contributed by atoms with Crippen molar-refractivity contribution in [2.24, 2.45) is 0 Å². The van der Waals surface area contributed by atoms with E-state index in [-0.39, 0.29) is 5.75 Å². The van der Waals surface area contributed by atoms with E-state index in [4.69, 9.17) is 0 Å². The largest absolute Gasteiger partial charge is 0.369 e. The fourth-order valence-corrected chi connectivity index (χ4v) is 3.44. The van der Waals surface area contributed by atoms with Crippen molar-refractivity contribution in [2.75, 3.05) is 24.2 Å². The quantitative estimate of drug-likeness (QED) is 0.695. The van der Waals surface area contributed by atoms with E-state index < -0.39 is 10.0 Å². The molecule has 0 amide bonds. The van der Waals surface area contributed by atoms with Gasteiger partial charge in [-0.05, 0) is 33.3 Å². The Morgan fingerprint density at radius 1 is 1.12 bits per heavy atom. The Kier molecular flexibility index (Phi) is 5.89. The molecule has 0 spiro atoms. The number of anilines is 1. The third-order valence-electron chi connectivity index (χ3n) is 3.28.